The number of nitrogens with zero attached hydrogens (tertiary/aromatic N) is 1. The van der Waals surface area contributed by atoms with Crippen molar-refractivity contribution in [3.05, 3.63) is 54.0 Å². The van der Waals surface area contributed by atoms with Gasteiger partial charge in [0.15, 0.2) is 5.96 Å². The van der Waals surface area contributed by atoms with E-state index in [9.17, 15) is 0 Å². The molecular weight excluding hydrogens is 302 g/mol. The van der Waals surface area contributed by atoms with Gasteiger partial charge in [-0.25, -0.2) is 4.99 Å². The number of nitrogens with one attached hydrogen (secondary N) is 2. The molecule has 0 saturated carbocycles. The quantitative estimate of drug-likeness (QED) is 0.418. The second-order valence-electron chi connectivity index (χ2n) is 5.48. The largest absolute Gasteiger partial charge is 0.494 e. The van der Waals surface area contributed by atoms with Gasteiger partial charge in [-0.1, -0.05) is 25.5 Å². The number of guanidine groups is 1. The molecule has 5 heteroatoms. The van der Waals surface area contributed by atoms with Crippen molar-refractivity contribution in [1.82, 2.24) is 10.6 Å². The van der Waals surface area contributed by atoms with Crippen LogP contribution in [0.2, 0.25) is 0 Å². The molecule has 1 aromatic heterocycles. The average molecular weight is 329 g/mol. The molecule has 0 atom stereocenters. The van der Waals surface area contributed by atoms with Crippen molar-refractivity contribution in [2.45, 2.75) is 39.8 Å². The van der Waals surface area contributed by atoms with Crippen LogP contribution < -0.4 is 15.4 Å². The minimum Gasteiger partial charge on any atom is -0.494 e. The maximum absolute atomic E-state index is 5.75. The first-order valence-electron chi connectivity index (χ1n) is 8.58. The lowest BCUT2D eigenvalue weighted by molar-refractivity contribution is 0.309. The van der Waals surface area contributed by atoms with Crippen LogP contribution in [0.5, 0.6) is 5.75 Å². The van der Waals surface area contributed by atoms with Crippen molar-refractivity contribution in [2.24, 2.45) is 4.99 Å². The van der Waals surface area contributed by atoms with Crippen molar-refractivity contribution < 1.29 is 9.15 Å². The van der Waals surface area contributed by atoms with Crippen LogP contribution in [-0.2, 0) is 13.1 Å². The average Bonchev–Trinajstić information content (AvgIpc) is 3.11. The van der Waals surface area contributed by atoms with E-state index in [0.29, 0.717) is 13.1 Å². The molecule has 0 amide bonds. The Morgan fingerprint density at radius 2 is 2.08 bits per heavy atom. The van der Waals surface area contributed by atoms with Gasteiger partial charge < -0.3 is 19.8 Å². The molecule has 130 valence electrons. The molecule has 2 N–H and O–H groups in total. The Morgan fingerprint density at radius 3 is 2.83 bits per heavy atom. The summed E-state index contributed by atoms with van der Waals surface area (Å²) < 4.78 is 11.1. The zero-order chi connectivity index (χ0) is 17.0. The number of ether oxygens (including phenoxy) is 1. The summed E-state index contributed by atoms with van der Waals surface area (Å²) in [6, 6.07) is 11.9. The van der Waals surface area contributed by atoms with Crippen LogP contribution in [0.15, 0.2) is 52.1 Å². The summed E-state index contributed by atoms with van der Waals surface area (Å²) in [5, 5.41) is 6.50. The monoisotopic (exact) mass is 329 g/mol. The minimum atomic E-state index is 0.596. The van der Waals surface area contributed by atoms with Crippen molar-refractivity contribution in [3.8, 4) is 5.75 Å². The van der Waals surface area contributed by atoms with Gasteiger partial charge in [0.1, 0.15) is 11.5 Å². The summed E-state index contributed by atoms with van der Waals surface area (Å²) in [5.41, 5.74) is 1.12. The summed E-state index contributed by atoms with van der Waals surface area (Å²) in [5.74, 6) is 2.56. The Balaban J connectivity index is 1.90. The van der Waals surface area contributed by atoms with Gasteiger partial charge in [0.2, 0.25) is 0 Å². The predicted molar refractivity (Wildman–Crippen MR) is 97.2 cm³/mol. The highest BCUT2D eigenvalue weighted by molar-refractivity contribution is 5.79. The second-order valence-corrected chi connectivity index (χ2v) is 5.48. The highest BCUT2D eigenvalue weighted by Crippen LogP contribution is 2.14. The van der Waals surface area contributed by atoms with Crippen molar-refractivity contribution in [1.29, 1.82) is 0 Å². The molecular formula is C19H27N3O2. The van der Waals surface area contributed by atoms with Gasteiger partial charge in [-0.15, -0.1) is 0 Å². The molecule has 5 nitrogen and oxygen atoms in total. The van der Waals surface area contributed by atoms with E-state index in [1.54, 1.807) is 6.26 Å². The van der Waals surface area contributed by atoms with E-state index >= 15 is 0 Å². The Kier molecular flexibility index (Phi) is 7.74. The van der Waals surface area contributed by atoms with Crippen LogP contribution in [-0.4, -0.2) is 19.1 Å². The number of benzene rings is 1. The fourth-order valence-corrected chi connectivity index (χ4v) is 2.16. The van der Waals surface area contributed by atoms with Gasteiger partial charge in [-0.2, -0.15) is 0 Å². The van der Waals surface area contributed by atoms with Gasteiger partial charge in [0.05, 0.1) is 26.0 Å². The second kappa shape index (κ2) is 10.4. The van der Waals surface area contributed by atoms with Crippen LogP contribution in [0.1, 0.15) is 38.0 Å². The predicted octanol–water partition coefficient (Wildman–Crippen LogP) is 3.71. The van der Waals surface area contributed by atoms with Crippen LogP contribution >= 0.6 is 0 Å². The number of hydrogen-bond donors (Lipinski definition) is 2. The summed E-state index contributed by atoms with van der Waals surface area (Å²) >= 11 is 0. The van der Waals surface area contributed by atoms with E-state index in [1.807, 2.05) is 31.2 Å². The fraction of sp³-hybridized carbons (Fsp3) is 0.421. The molecule has 0 aliphatic rings. The lowest BCUT2D eigenvalue weighted by Gasteiger charge is -2.10. The maximum atomic E-state index is 5.75. The smallest absolute Gasteiger partial charge is 0.191 e. The van der Waals surface area contributed by atoms with Gasteiger partial charge >= 0.3 is 0 Å². The lowest BCUT2D eigenvalue weighted by Crippen LogP contribution is -2.36. The number of furan rings is 1. The SMILES string of the molecule is CCCCOc1cccc(CN=C(NCC)NCc2ccco2)c1. The van der Waals surface area contributed by atoms with E-state index < -0.39 is 0 Å². The van der Waals surface area contributed by atoms with Gasteiger partial charge in [-0.3, -0.25) is 0 Å². The fourth-order valence-electron chi connectivity index (χ4n) is 2.16. The molecule has 0 fully saturated rings. The van der Waals surface area contributed by atoms with Crippen molar-refractivity contribution >= 4 is 5.96 Å². The molecule has 1 heterocycles. The van der Waals surface area contributed by atoms with Crippen LogP contribution in [0.25, 0.3) is 0 Å². The first-order valence-corrected chi connectivity index (χ1v) is 8.58. The molecule has 0 spiro atoms. The molecule has 0 unspecified atom stereocenters. The Labute approximate surface area is 144 Å². The summed E-state index contributed by atoms with van der Waals surface area (Å²) in [4.78, 5) is 4.62. The molecule has 1 aromatic carbocycles. The van der Waals surface area contributed by atoms with Crippen LogP contribution in [0.3, 0.4) is 0 Å². The third kappa shape index (κ3) is 6.36. The zero-order valence-corrected chi connectivity index (χ0v) is 14.5. The molecule has 0 bridgehead atoms. The first kappa shape index (κ1) is 17.9. The Morgan fingerprint density at radius 1 is 1.17 bits per heavy atom. The third-order valence-electron chi connectivity index (χ3n) is 3.44. The van der Waals surface area contributed by atoms with Gasteiger partial charge in [-0.05, 0) is 43.2 Å². The third-order valence-corrected chi connectivity index (χ3v) is 3.44. The molecule has 0 saturated heterocycles. The molecule has 0 aliphatic carbocycles. The first-order chi connectivity index (χ1) is 11.8. The summed E-state index contributed by atoms with van der Waals surface area (Å²) in [6.07, 6.45) is 3.88. The summed E-state index contributed by atoms with van der Waals surface area (Å²) in [7, 11) is 0. The van der Waals surface area contributed by atoms with Crippen LogP contribution in [0.4, 0.5) is 0 Å². The van der Waals surface area contributed by atoms with Crippen molar-refractivity contribution in [2.75, 3.05) is 13.2 Å². The zero-order valence-electron chi connectivity index (χ0n) is 14.5. The van der Waals surface area contributed by atoms with Gasteiger partial charge in [0, 0.05) is 6.54 Å². The molecule has 2 rings (SSSR count). The lowest BCUT2D eigenvalue weighted by atomic mass is 10.2. The minimum absolute atomic E-state index is 0.596. The van der Waals surface area contributed by atoms with Crippen molar-refractivity contribution in [3.63, 3.8) is 0 Å². The Hall–Kier alpha value is -2.43. The normalized spacial score (nSPS) is 11.3. The number of unbranched alkanes of at least 4 members (excludes halogenated alkanes) is 1. The molecule has 2 aromatic rings. The molecule has 0 aliphatic heterocycles. The maximum Gasteiger partial charge on any atom is 0.191 e. The van der Waals surface area contributed by atoms with E-state index in [1.165, 1.54) is 0 Å². The standard InChI is InChI=1S/C19H27N3O2/c1-3-5-11-23-17-9-6-8-16(13-17)14-21-19(20-4-2)22-15-18-10-7-12-24-18/h6-10,12-13H,3-5,11,14-15H2,1-2H3,(H2,20,21,22). The van der Waals surface area contributed by atoms with E-state index in [2.05, 4.69) is 34.7 Å². The van der Waals surface area contributed by atoms with E-state index in [0.717, 1.165) is 49.0 Å². The highest BCUT2D eigenvalue weighted by atomic mass is 16.5. The number of hydrogen-bond acceptors (Lipinski definition) is 3. The van der Waals surface area contributed by atoms with Crippen LogP contribution in [0, 0.1) is 0 Å². The topological polar surface area (TPSA) is 58.8 Å². The molecule has 24 heavy (non-hydrogen) atoms. The number of rotatable bonds is 9. The highest BCUT2D eigenvalue weighted by Gasteiger charge is 2.01. The number of aliphatic imine (C=N–C) groups is 1. The van der Waals surface area contributed by atoms with Gasteiger partial charge in [0.25, 0.3) is 0 Å². The van der Waals surface area contributed by atoms with E-state index in [4.69, 9.17) is 9.15 Å². The summed E-state index contributed by atoms with van der Waals surface area (Å²) in [6.45, 7) is 6.98. The molecule has 0 radical (unpaired) electrons. The Bertz CT molecular complexity index is 609. The van der Waals surface area contributed by atoms with E-state index in [-0.39, 0.29) is 0 Å².